The fourth-order valence-electron chi connectivity index (χ4n) is 1.95. The molecule has 0 heterocycles. The van der Waals surface area contributed by atoms with Crippen LogP contribution in [0.5, 0.6) is 0 Å². The maximum atomic E-state index is 3.87. The van der Waals surface area contributed by atoms with Gasteiger partial charge < -0.3 is 0 Å². The van der Waals surface area contributed by atoms with Crippen molar-refractivity contribution in [1.29, 1.82) is 0 Å². The van der Waals surface area contributed by atoms with Gasteiger partial charge in [-0.15, -0.1) is 0 Å². The molecular formula is C16H16. The van der Waals surface area contributed by atoms with Gasteiger partial charge in [0.2, 0.25) is 0 Å². The van der Waals surface area contributed by atoms with Gasteiger partial charge in [-0.2, -0.15) is 0 Å². The zero-order valence-corrected chi connectivity index (χ0v) is 9.83. The Morgan fingerprint density at radius 1 is 0.938 bits per heavy atom. The molecule has 2 aromatic carbocycles. The van der Waals surface area contributed by atoms with E-state index < -0.39 is 0 Å². The van der Waals surface area contributed by atoms with E-state index in [4.69, 9.17) is 0 Å². The van der Waals surface area contributed by atoms with Gasteiger partial charge in [-0.05, 0) is 36.1 Å². The Morgan fingerprint density at radius 2 is 1.69 bits per heavy atom. The van der Waals surface area contributed by atoms with Crippen molar-refractivity contribution in [3.63, 3.8) is 0 Å². The quantitative estimate of drug-likeness (QED) is 0.676. The summed E-state index contributed by atoms with van der Waals surface area (Å²) in [6, 6.07) is 14.9. The molecule has 0 bridgehead atoms. The highest BCUT2D eigenvalue weighted by molar-refractivity contribution is 5.77. The van der Waals surface area contributed by atoms with E-state index in [0.717, 1.165) is 0 Å². The summed E-state index contributed by atoms with van der Waals surface area (Å²) >= 11 is 0. The lowest BCUT2D eigenvalue weighted by atomic mass is 9.95. The fourth-order valence-corrected chi connectivity index (χ4v) is 1.95. The summed E-state index contributed by atoms with van der Waals surface area (Å²) in [4.78, 5) is 0. The first-order valence-corrected chi connectivity index (χ1v) is 5.51. The SMILES string of the molecule is C=Cc1ccccc1-c1cc(C)ccc1C. The zero-order chi connectivity index (χ0) is 11.5. The highest BCUT2D eigenvalue weighted by atomic mass is 14.1. The monoisotopic (exact) mass is 208 g/mol. The largest absolute Gasteiger partial charge is 0.0984 e. The summed E-state index contributed by atoms with van der Waals surface area (Å²) in [5, 5.41) is 0. The molecule has 0 atom stereocenters. The maximum Gasteiger partial charge on any atom is -0.0109 e. The van der Waals surface area contributed by atoms with E-state index in [0.29, 0.717) is 0 Å². The molecule has 16 heavy (non-hydrogen) atoms. The molecule has 0 fully saturated rings. The number of benzene rings is 2. The van der Waals surface area contributed by atoms with Crippen LogP contribution < -0.4 is 0 Å². The van der Waals surface area contributed by atoms with Crippen LogP contribution in [0.4, 0.5) is 0 Å². The number of rotatable bonds is 2. The Hall–Kier alpha value is -1.82. The van der Waals surface area contributed by atoms with Crippen molar-refractivity contribution in [2.45, 2.75) is 13.8 Å². The Bertz CT molecular complexity index is 521. The van der Waals surface area contributed by atoms with E-state index in [1.807, 2.05) is 12.1 Å². The molecule has 0 radical (unpaired) electrons. The van der Waals surface area contributed by atoms with Crippen molar-refractivity contribution in [3.8, 4) is 11.1 Å². The van der Waals surface area contributed by atoms with Crippen LogP contribution in [0.15, 0.2) is 49.0 Å². The third kappa shape index (κ3) is 1.92. The second-order valence-corrected chi connectivity index (χ2v) is 4.11. The summed E-state index contributed by atoms with van der Waals surface area (Å²) < 4.78 is 0. The molecule has 0 aliphatic heterocycles. The van der Waals surface area contributed by atoms with Crippen molar-refractivity contribution in [3.05, 3.63) is 65.7 Å². The number of aryl methyl sites for hydroxylation is 2. The lowest BCUT2D eigenvalue weighted by Gasteiger charge is -2.10. The van der Waals surface area contributed by atoms with Crippen LogP contribution in [0.2, 0.25) is 0 Å². The topological polar surface area (TPSA) is 0 Å². The van der Waals surface area contributed by atoms with Crippen LogP contribution in [0.25, 0.3) is 17.2 Å². The van der Waals surface area contributed by atoms with Crippen LogP contribution in [0.1, 0.15) is 16.7 Å². The van der Waals surface area contributed by atoms with Crippen molar-refractivity contribution in [2.24, 2.45) is 0 Å². The number of hydrogen-bond donors (Lipinski definition) is 0. The van der Waals surface area contributed by atoms with Gasteiger partial charge in [0.1, 0.15) is 0 Å². The Kier molecular flexibility index (Phi) is 2.91. The molecule has 0 aliphatic carbocycles. The molecule has 0 saturated carbocycles. The van der Waals surface area contributed by atoms with Crippen LogP contribution in [0.3, 0.4) is 0 Å². The fraction of sp³-hybridized carbons (Fsp3) is 0.125. The number of hydrogen-bond acceptors (Lipinski definition) is 0. The smallest absolute Gasteiger partial charge is 0.0109 e. The molecule has 0 unspecified atom stereocenters. The van der Waals surface area contributed by atoms with E-state index in [9.17, 15) is 0 Å². The first kappa shape index (κ1) is 10.7. The Balaban J connectivity index is 2.66. The van der Waals surface area contributed by atoms with Crippen molar-refractivity contribution in [2.75, 3.05) is 0 Å². The van der Waals surface area contributed by atoms with E-state index in [2.05, 4.69) is 56.8 Å². The zero-order valence-electron chi connectivity index (χ0n) is 9.83. The molecule has 0 aliphatic rings. The van der Waals surface area contributed by atoms with Crippen LogP contribution in [0, 0.1) is 13.8 Å². The Labute approximate surface area is 97.3 Å². The van der Waals surface area contributed by atoms with Gasteiger partial charge in [-0.1, -0.05) is 60.7 Å². The van der Waals surface area contributed by atoms with E-state index >= 15 is 0 Å². The van der Waals surface area contributed by atoms with Gasteiger partial charge >= 0.3 is 0 Å². The van der Waals surface area contributed by atoms with Gasteiger partial charge in [0.15, 0.2) is 0 Å². The lowest BCUT2D eigenvalue weighted by Crippen LogP contribution is -1.87. The minimum atomic E-state index is 1.19. The standard InChI is InChI=1S/C16H16/c1-4-14-7-5-6-8-15(14)16-11-12(2)9-10-13(16)3/h4-11H,1H2,2-3H3. The summed E-state index contributed by atoms with van der Waals surface area (Å²) in [6.07, 6.45) is 1.91. The predicted molar refractivity (Wildman–Crippen MR) is 71.4 cm³/mol. The first-order chi connectivity index (χ1) is 7.72. The minimum Gasteiger partial charge on any atom is -0.0984 e. The molecule has 0 spiro atoms. The molecule has 2 rings (SSSR count). The molecule has 2 aromatic rings. The molecule has 0 saturated heterocycles. The highest BCUT2D eigenvalue weighted by Crippen LogP contribution is 2.28. The van der Waals surface area contributed by atoms with E-state index in [1.165, 1.54) is 27.8 Å². The normalized spacial score (nSPS) is 10.1. The minimum absolute atomic E-state index is 1.19. The molecule has 0 amide bonds. The van der Waals surface area contributed by atoms with Crippen LogP contribution >= 0.6 is 0 Å². The molecule has 0 N–H and O–H groups in total. The van der Waals surface area contributed by atoms with Gasteiger partial charge in [-0.3, -0.25) is 0 Å². The third-order valence-corrected chi connectivity index (χ3v) is 2.86. The van der Waals surface area contributed by atoms with E-state index in [1.54, 1.807) is 0 Å². The summed E-state index contributed by atoms with van der Waals surface area (Å²) in [5.41, 5.74) is 6.35. The van der Waals surface area contributed by atoms with Crippen LogP contribution in [-0.2, 0) is 0 Å². The molecule has 80 valence electrons. The summed E-state index contributed by atoms with van der Waals surface area (Å²) in [6.45, 7) is 8.14. The summed E-state index contributed by atoms with van der Waals surface area (Å²) in [5.74, 6) is 0. The molecular weight excluding hydrogens is 192 g/mol. The summed E-state index contributed by atoms with van der Waals surface area (Å²) in [7, 11) is 0. The second-order valence-electron chi connectivity index (χ2n) is 4.11. The predicted octanol–water partition coefficient (Wildman–Crippen LogP) is 4.61. The average Bonchev–Trinajstić information content (AvgIpc) is 2.32. The highest BCUT2D eigenvalue weighted by Gasteiger charge is 2.04. The first-order valence-electron chi connectivity index (χ1n) is 5.51. The van der Waals surface area contributed by atoms with Gasteiger partial charge in [0, 0.05) is 0 Å². The average molecular weight is 208 g/mol. The molecule has 0 aromatic heterocycles. The van der Waals surface area contributed by atoms with E-state index in [-0.39, 0.29) is 0 Å². The molecule has 0 nitrogen and oxygen atoms in total. The van der Waals surface area contributed by atoms with Gasteiger partial charge in [0.25, 0.3) is 0 Å². The third-order valence-electron chi connectivity index (χ3n) is 2.86. The van der Waals surface area contributed by atoms with Crippen molar-refractivity contribution < 1.29 is 0 Å². The Morgan fingerprint density at radius 3 is 2.44 bits per heavy atom. The van der Waals surface area contributed by atoms with Crippen LogP contribution in [-0.4, -0.2) is 0 Å². The van der Waals surface area contributed by atoms with Gasteiger partial charge in [-0.25, -0.2) is 0 Å². The second kappa shape index (κ2) is 4.36. The van der Waals surface area contributed by atoms with Crippen molar-refractivity contribution in [1.82, 2.24) is 0 Å². The molecule has 0 heteroatoms. The van der Waals surface area contributed by atoms with Crippen molar-refractivity contribution >= 4 is 6.08 Å². The maximum absolute atomic E-state index is 3.87. The van der Waals surface area contributed by atoms with Gasteiger partial charge in [0.05, 0.1) is 0 Å². The lowest BCUT2D eigenvalue weighted by molar-refractivity contribution is 1.39.